The van der Waals surface area contributed by atoms with Gasteiger partial charge >= 0.3 is 5.97 Å². The summed E-state index contributed by atoms with van der Waals surface area (Å²) in [6.07, 6.45) is 0.357. The minimum atomic E-state index is -0.852. The minimum absolute atomic E-state index is 0.0361. The number of carbonyl (C=O) groups is 2. The minimum Gasteiger partial charge on any atom is -0.481 e. The average Bonchev–Trinajstić information content (AvgIpc) is 2.91. The molecule has 0 aliphatic carbocycles. The van der Waals surface area contributed by atoms with Crippen LogP contribution in [0.15, 0.2) is 91.0 Å². The molecule has 1 fully saturated rings. The maximum absolute atomic E-state index is 13.5. The van der Waals surface area contributed by atoms with Crippen molar-refractivity contribution in [2.45, 2.75) is 25.8 Å². The van der Waals surface area contributed by atoms with E-state index in [1.54, 1.807) is 0 Å². The van der Waals surface area contributed by atoms with E-state index in [1.807, 2.05) is 73.3 Å². The molecule has 0 aromatic heterocycles. The molecule has 1 aliphatic heterocycles. The molecular formula is C30H34N2O3. The molecule has 182 valence electrons. The first-order valence-corrected chi connectivity index (χ1v) is 12.5. The summed E-state index contributed by atoms with van der Waals surface area (Å²) in [7, 11) is 0. The van der Waals surface area contributed by atoms with Gasteiger partial charge in [-0.25, -0.2) is 0 Å². The quantitative estimate of drug-likeness (QED) is 0.477. The Morgan fingerprint density at radius 2 is 1.17 bits per heavy atom. The molecule has 0 radical (unpaired) electrons. The van der Waals surface area contributed by atoms with Crippen molar-refractivity contribution in [1.29, 1.82) is 0 Å². The number of carbonyl (C=O) groups excluding carboxylic acids is 1. The summed E-state index contributed by atoms with van der Waals surface area (Å²) in [5.74, 6) is -1.84. The molecule has 35 heavy (non-hydrogen) atoms. The number of piperidine rings is 1. The van der Waals surface area contributed by atoms with Gasteiger partial charge in [-0.15, -0.1) is 0 Å². The second-order valence-electron chi connectivity index (χ2n) is 9.19. The number of rotatable bonds is 8. The van der Waals surface area contributed by atoms with E-state index in [9.17, 15) is 14.7 Å². The molecule has 1 saturated heterocycles. The first kappa shape index (κ1) is 24.7. The topological polar surface area (TPSA) is 60.9 Å². The molecule has 3 aromatic carbocycles. The molecule has 5 nitrogen and oxygen atoms in total. The van der Waals surface area contributed by atoms with Crippen LogP contribution in [0.3, 0.4) is 0 Å². The Bertz CT molecular complexity index is 1020. The normalized spacial score (nSPS) is 18.7. The zero-order valence-electron chi connectivity index (χ0n) is 20.5. The molecule has 0 saturated carbocycles. The van der Waals surface area contributed by atoms with Crippen molar-refractivity contribution in [3.05, 3.63) is 108 Å². The van der Waals surface area contributed by atoms with E-state index in [0.717, 1.165) is 16.7 Å². The number of hydrogen-bond acceptors (Lipinski definition) is 3. The Morgan fingerprint density at radius 1 is 0.771 bits per heavy atom. The second-order valence-corrected chi connectivity index (χ2v) is 9.19. The van der Waals surface area contributed by atoms with Crippen LogP contribution in [0.2, 0.25) is 0 Å². The van der Waals surface area contributed by atoms with E-state index in [0.29, 0.717) is 32.6 Å². The third kappa shape index (κ3) is 4.73. The SMILES string of the molecule is CCN(CC)C(=O)[C@@H]1C[C@H](C(=O)O)CN(C(c2ccccc2)(c2ccccc2)c2ccccc2)C1. The van der Waals surface area contributed by atoms with Crippen LogP contribution in [0, 0.1) is 11.8 Å². The Morgan fingerprint density at radius 3 is 1.54 bits per heavy atom. The molecule has 4 rings (SSSR count). The molecular weight excluding hydrogens is 436 g/mol. The van der Waals surface area contributed by atoms with Crippen LogP contribution in [0.1, 0.15) is 37.0 Å². The molecule has 0 unspecified atom stereocenters. The number of carboxylic acid groups (broad SMARTS) is 1. The second kappa shape index (κ2) is 10.9. The molecule has 0 bridgehead atoms. The smallest absolute Gasteiger partial charge is 0.307 e. The highest BCUT2D eigenvalue weighted by atomic mass is 16.4. The fraction of sp³-hybridized carbons (Fsp3) is 0.333. The number of amides is 1. The van der Waals surface area contributed by atoms with Gasteiger partial charge in [0.25, 0.3) is 0 Å². The van der Waals surface area contributed by atoms with Crippen LogP contribution in [0.4, 0.5) is 0 Å². The highest BCUT2D eigenvalue weighted by Crippen LogP contribution is 2.45. The predicted octanol–water partition coefficient (Wildman–Crippen LogP) is 4.87. The van der Waals surface area contributed by atoms with Gasteiger partial charge in [0.1, 0.15) is 0 Å². The van der Waals surface area contributed by atoms with Crippen molar-refractivity contribution in [3.63, 3.8) is 0 Å². The molecule has 3 aromatic rings. The number of aliphatic carboxylic acids is 1. The van der Waals surface area contributed by atoms with Gasteiger partial charge in [-0.1, -0.05) is 91.0 Å². The van der Waals surface area contributed by atoms with E-state index < -0.39 is 17.4 Å². The number of nitrogens with zero attached hydrogens (tertiary/aromatic N) is 2. The highest BCUT2D eigenvalue weighted by Gasteiger charge is 2.48. The Kier molecular flexibility index (Phi) is 7.67. The summed E-state index contributed by atoms with van der Waals surface area (Å²) in [4.78, 5) is 29.9. The summed E-state index contributed by atoms with van der Waals surface area (Å²) in [6.45, 7) is 6.02. The molecule has 2 atom stereocenters. The van der Waals surface area contributed by atoms with Crippen molar-refractivity contribution in [2.75, 3.05) is 26.2 Å². The van der Waals surface area contributed by atoms with Gasteiger partial charge in [0.05, 0.1) is 17.4 Å². The molecule has 1 aliphatic rings. The van der Waals surface area contributed by atoms with Crippen LogP contribution in [0.25, 0.3) is 0 Å². The van der Waals surface area contributed by atoms with Crippen LogP contribution < -0.4 is 0 Å². The summed E-state index contributed by atoms with van der Waals surface area (Å²) in [5.41, 5.74) is 2.42. The van der Waals surface area contributed by atoms with Gasteiger partial charge in [0.15, 0.2) is 0 Å². The van der Waals surface area contributed by atoms with Crippen LogP contribution in [-0.2, 0) is 15.1 Å². The van der Waals surface area contributed by atoms with Crippen molar-refractivity contribution >= 4 is 11.9 Å². The van der Waals surface area contributed by atoms with Crippen LogP contribution in [-0.4, -0.2) is 53.0 Å². The number of likely N-dealkylation sites (tertiary alicyclic amines) is 1. The van der Waals surface area contributed by atoms with Crippen molar-refractivity contribution in [3.8, 4) is 0 Å². The van der Waals surface area contributed by atoms with Crippen LogP contribution >= 0.6 is 0 Å². The molecule has 1 amide bonds. The van der Waals surface area contributed by atoms with Crippen LogP contribution in [0.5, 0.6) is 0 Å². The number of benzene rings is 3. The largest absolute Gasteiger partial charge is 0.481 e. The lowest BCUT2D eigenvalue weighted by Gasteiger charge is -2.50. The van der Waals surface area contributed by atoms with Gasteiger partial charge in [0, 0.05) is 26.2 Å². The number of hydrogen-bond donors (Lipinski definition) is 1. The van der Waals surface area contributed by atoms with E-state index in [2.05, 4.69) is 41.3 Å². The molecule has 5 heteroatoms. The van der Waals surface area contributed by atoms with Gasteiger partial charge in [-0.2, -0.15) is 0 Å². The first-order valence-electron chi connectivity index (χ1n) is 12.5. The predicted molar refractivity (Wildman–Crippen MR) is 138 cm³/mol. The van der Waals surface area contributed by atoms with Crippen molar-refractivity contribution in [2.24, 2.45) is 11.8 Å². The maximum atomic E-state index is 13.5. The Labute approximate surface area is 208 Å². The third-order valence-corrected chi connectivity index (χ3v) is 7.27. The zero-order chi connectivity index (χ0) is 24.8. The summed E-state index contributed by atoms with van der Waals surface area (Å²) in [6, 6.07) is 30.7. The first-order chi connectivity index (χ1) is 17.0. The van der Waals surface area contributed by atoms with E-state index >= 15 is 0 Å². The molecule has 1 N–H and O–H groups in total. The van der Waals surface area contributed by atoms with Gasteiger partial charge < -0.3 is 10.0 Å². The monoisotopic (exact) mass is 470 g/mol. The standard InChI is InChI=1S/C30H34N2O3/c1-3-31(4-2)28(33)23-20-24(29(34)35)22-32(21-23)30(25-14-8-5-9-15-25,26-16-10-6-11-17-26)27-18-12-7-13-19-27/h5-19,23-24H,3-4,20-22H2,1-2H3,(H,34,35)/t23-,24+/m1/s1. The fourth-order valence-corrected chi connectivity index (χ4v) is 5.61. The molecule has 0 spiro atoms. The summed E-state index contributed by atoms with van der Waals surface area (Å²) in [5, 5.41) is 10.1. The van der Waals surface area contributed by atoms with Gasteiger partial charge in [-0.3, -0.25) is 14.5 Å². The van der Waals surface area contributed by atoms with E-state index in [-0.39, 0.29) is 11.8 Å². The lowest BCUT2D eigenvalue weighted by Crippen LogP contribution is -2.57. The van der Waals surface area contributed by atoms with E-state index in [4.69, 9.17) is 0 Å². The summed E-state index contributed by atoms with van der Waals surface area (Å²) >= 11 is 0. The van der Waals surface area contributed by atoms with Crippen molar-refractivity contribution < 1.29 is 14.7 Å². The van der Waals surface area contributed by atoms with E-state index in [1.165, 1.54) is 0 Å². The van der Waals surface area contributed by atoms with Gasteiger partial charge in [-0.05, 0) is 37.0 Å². The van der Waals surface area contributed by atoms with Gasteiger partial charge in [0.2, 0.25) is 5.91 Å². The van der Waals surface area contributed by atoms with Crippen molar-refractivity contribution in [1.82, 2.24) is 9.80 Å². The maximum Gasteiger partial charge on any atom is 0.307 e. The summed E-state index contributed by atoms with van der Waals surface area (Å²) < 4.78 is 0. The zero-order valence-corrected chi connectivity index (χ0v) is 20.5. The highest BCUT2D eigenvalue weighted by molar-refractivity contribution is 5.80. The average molecular weight is 471 g/mol. The molecule has 1 heterocycles. The Balaban J connectivity index is 1.94. The Hall–Kier alpha value is -3.44. The lowest BCUT2D eigenvalue weighted by atomic mass is 9.73. The third-order valence-electron chi connectivity index (χ3n) is 7.27. The fourth-order valence-electron chi connectivity index (χ4n) is 5.61. The number of carboxylic acids is 1. The lowest BCUT2D eigenvalue weighted by molar-refractivity contribution is -0.148.